The molecule has 1 aliphatic rings. The number of carboxylic acids is 2. The van der Waals surface area contributed by atoms with E-state index < -0.39 is 11.9 Å². The molecule has 0 bridgehead atoms. The fourth-order valence-electron chi connectivity index (χ4n) is 3.39. The van der Waals surface area contributed by atoms with Crippen molar-refractivity contribution in [3.63, 3.8) is 0 Å². The lowest BCUT2D eigenvalue weighted by Crippen LogP contribution is -2.43. The lowest BCUT2D eigenvalue weighted by atomic mass is 10.1. The number of fused-ring (bicyclic) bond motifs is 1. The molecule has 0 unspecified atom stereocenters. The predicted octanol–water partition coefficient (Wildman–Crippen LogP) is 2.28. The summed E-state index contributed by atoms with van der Waals surface area (Å²) in [7, 11) is 1.71. The number of aliphatic carboxylic acids is 2. The van der Waals surface area contributed by atoms with E-state index in [1.54, 1.807) is 7.11 Å². The minimum atomic E-state index is -1.82. The average molecular weight is 433 g/mol. The number of hydrogen-bond donors (Lipinski definition) is 4. The first-order chi connectivity index (χ1) is 15.0. The van der Waals surface area contributed by atoms with Crippen molar-refractivity contribution in [1.29, 1.82) is 0 Å². The second kappa shape index (κ2) is 13.4. The molecule has 0 aliphatic carbocycles. The molecule has 31 heavy (non-hydrogen) atoms. The van der Waals surface area contributed by atoms with Crippen LogP contribution in [0.25, 0.3) is 10.9 Å². The third-order valence-corrected chi connectivity index (χ3v) is 5.02. The van der Waals surface area contributed by atoms with Gasteiger partial charge in [0, 0.05) is 50.4 Å². The predicted molar refractivity (Wildman–Crippen MR) is 120 cm³/mol. The number of carboxylic acid groups (broad SMARTS) is 2. The standard InChI is InChI=1S/C20H30N4O.C2H2O4/c1-25-18-15-17-7-6-9-23-20(17)19(16-18)22-8-4-2-3-5-12-24-13-10-21-11-14-24;3-1(4)2(5)6/h6-7,9,15-16,21-22H,2-5,8,10-14H2,1H3;(H,3,4)(H,5,6). The molecular weight excluding hydrogens is 400 g/mol. The number of methoxy groups -OCH3 is 1. The topological polar surface area (TPSA) is 124 Å². The number of anilines is 1. The maximum Gasteiger partial charge on any atom is 0.414 e. The first-order valence-corrected chi connectivity index (χ1v) is 10.6. The molecule has 2 aromatic rings. The molecule has 1 fully saturated rings. The molecule has 1 aromatic carbocycles. The van der Waals surface area contributed by atoms with Crippen LogP contribution >= 0.6 is 0 Å². The maximum absolute atomic E-state index is 9.10. The van der Waals surface area contributed by atoms with Gasteiger partial charge in [-0.15, -0.1) is 0 Å². The molecule has 0 radical (unpaired) electrons. The zero-order valence-electron chi connectivity index (χ0n) is 18.0. The Balaban J connectivity index is 0.000000501. The molecule has 1 saturated heterocycles. The van der Waals surface area contributed by atoms with E-state index in [9.17, 15) is 0 Å². The van der Waals surface area contributed by atoms with E-state index in [4.69, 9.17) is 24.5 Å². The van der Waals surface area contributed by atoms with Crippen LogP contribution in [0.5, 0.6) is 5.75 Å². The molecule has 0 spiro atoms. The van der Waals surface area contributed by atoms with Gasteiger partial charge in [0.1, 0.15) is 5.75 Å². The number of hydrogen-bond acceptors (Lipinski definition) is 7. The van der Waals surface area contributed by atoms with E-state index >= 15 is 0 Å². The van der Waals surface area contributed by atoms with Crippen molar-refractivity contribution in [3.8, 4) is 5.75 Å². The third-order valence-electron chi connectivity index (χ3n) is 5.02. The summed E-state index contributed by atoms with van der Waals surface area (Å²) in [6, 6.07) is 8.11. The minimum Gasteiger partial charge on any atom is -0.497 e. The number of aromatic nitrogens is 1. The Morgan fingerprint density at radius 2 is 1.84 bits per heavy atom. The molecule has 0 atom stereocenters. The summed E-state index contributed by atoms with van der Waals surface area (Å²) in [5.74, 6) is -2.77. The van der Waals surface area contributed by atoms with Crippen molar-refractivity contribution in [2.45, 2.75) is 25.7 Å². The monoisotopic (exact) mass is 432 g/mol. The Morgan fingerprint density at radius 3 is 2.52 bits per heavy atom. The van der Waals surface area contributed by atoms with Crippen LogP contribution in [0, 0.1) is 0 Å². The molecule has 0 amide bonds. The number of benzene rings is 1. The van der Waals surface area contributed by atoms with Crippen LogP contribution < -0.4 is 15.4 Å². The number of ether oxygens (including phenoxy) is 1. The van der Waals surface area contributed by atoms with Crippen molar-refractivity contribution in [3.05, 3.63) is 30.5 Å². The Labute approximate surface area is 182 Å². The number of carbonyl (C=O) groups is 2. The summed E-state index contributed by atoms with van der Waals surface area (Å²) < 4.78 is 5.40. The van der Waals surface area contributed by atoms with Gasteiger partial charge in [0.25, 0.3) is 0 Å². The van der Waals surface area contributed by atoms with Gasteiger partial charge in [0.2, 0.25) is 0 Å². The fraction of sp³-hybridized carbons (Fsp3) is 0.500. The van der Waals surface area contributed by atoms with E-state index in [1.165, 1.54) is 45.3 Å². The number of nitrogens with one attached hydrogen (secondary N) is 2. The molecule has 2 heterocycles. The van der Waals surface area contributed by atoms with Crippen LogP contribution in [0.3, 0.4) is 0 Å². The smallest absolute Gasteiger partial charge is 0.414 e. The zero-order valence-corrected chi connectivity index (χ0v) is 18.0. The maximum atomic E-state index is 9.10. The van der Waals surface area contributed by atoms with Crippen molar-refractivity contribution >= 4 is 28.5 Å². The van der Waals surface area contributed by atoms with Crippen molar-refractivity contribution in [2.24, 2.45) is 0 Å². The normalized spacial score (nSPS) is 13.8. The van der Waals surface area contributed by atoms with E-state index in [-0.39, 0.29) is 0 Å². The molecular formula is C22H32N4O5. The van der Waals surface area contributed by atoms with Gasteiger partial charge >= 0.3 is 11.9 Å². The molecule has 9 heteroatoms. The Morgan fingerprint density at radius 1 is 1.13 bits per heavy atom. The number of nitrogens with zero attached hydrogens (tertiary/aromatic N) is 2. The Kier molecular flexibility index (Phi) is 10.5. The second-order valence-corrected chi connectivity index (χ2v) is 7.29. The minimum absolute atomic E-state index is 0.874. The lowest BCUT2D eigenvalue weighted by Gasteiger charge is -2.27. The van der Waals surface area contributed by atoms with E-state index in [2.05, 4.69) is 26.6 Å². The molecule has 3 rings (SSSR count). The highest BCUT2D eigenvalue weighted by atomic mass is 16.5. The highest BCUT2D eigenvalue weighted by molar-refractivity contribution is 6.27. The number of rotatable bonds is 9. The molecule has 9 nitrogen and oxygen atoms in total. The highest BCUT2D eigenvalue weighted by Gasteiger charge is 2.08. The van der Waals surface area contributed by atoms with Crippen LogP contribution in [-0.4, -0.2) is 78.4 Å². The second-order valence-electron chi connectivity index (χ2n) is 7.29. The Hall–Kier alpha value is -2.91. The summed E-state index contributed by atoms with van der Waals surface area (Å²) in [6.07, 6.45) is 6.92. The molecule has 0 saturated carbocycles. The van der Waals surface area contributed by atoms with Crippen LogP contribution in [0.1, 0.15) is 25.7 Å². The quantitative estimate of drug-likeness (QED) is 0.349. The van der Waals surface area contributed by atoms with Gasteiger partial charge in [0.15, 0.2) is 0 Å². The van der Waals surface area contributed by atoms with Gasteiger partial charge in [-0.1, -0.05) is 18.9 Å². The summed E-state index contributed by atoms with van der Waals surface area (Å²) in [5.41, 5.74) is 2.08. The van der Waals surface area contributed by atoms with Gasteiger partial charge in [-0.05, 0) is 31.5 Å². The van der Waals surface area contributed by atoms with Gasteiger partial charge in [-0.3, -0.25) is 4.98 Å². The SMILES string of the molecule is COc1cc(NCCCCCCN2CCNCC2)c2ncccc2c1.O=C(O)C(=O)O. The van der Waals surface area contributed by atoms with Gasteiger partial charge < -0.3 is 30.5 Å². The summed E-state index contributed by atoms with van der Waals surface area (Å²) in [6.45, 7) is 6.93. The largest absolute Gasteiger partial charge is 0.497 e. The number of piperazine rings is 1. The lowest BCUT2D eigenvalue weighted by molar-refractivity contribution is -0.159. The van der Waals surface area contributed by atoms with Crippen molar-refractivity contribution in [1.82, 2.24) is 15.2 Å². The average Bonchev–Trinajstić information content (AvgIpc) is 2.79. The van der Waals surface area contributed by atoms with Crippen LogP contribution in [0.2, 0.25) is 0 Å². The van der Waals surface area contributed by atoms with Crippen LogP contribution in [-0.2, 0) is 9.59 Å². The van der Waals surface area contributed by atoms with Crippen LogP contribution in [0.4, 0.5) is 5.69 Å². The van der Waals surface area contributed by atoms with Crippen molar-refractivity contribution in [2.75, 3.05) is 51.7 Å². The van der Waals surface area contributed by atoms with E-state index in [0.29, 0.717) is 0 Å². The first kappa shape index (κ1) is 24.4. The van der Waals surface area contributed by atoms with Gasteiger partial charge in [-0.2, -0.15) is 0 Å². The molecule has 1 aliphatic heterocycles. The van der Waals surface area contributed by atoms with Gasteiger partial charge in [-0.25, -0.2) is 9.59 Å². The third kappa shape index (κ3) is 8.77. The van der Waals surface area contributed by atoms with E-state index in [1.807, 2.05) is 24.4 Å². The molecule has 1 aromatic heterocycles. The summed E-state index contributed by atoms with van der Waals surface area (Å²) >= 11 is 0. The number of pyridine rings is 1. The van der Waals surface area contributed by atoms with Crippen molar-refractivity contribution < 1.29 is 24.5 Å². The van der Waals surface area contributed by atoms with E-state index in [0.717, 1.165) is 42.0 Å². The first-order valence-electron chi connectivity index (χ1n) is 10.6. The summed E-state index contributed by atoms with van der Waals surface area (Å²) in [4.78, 5) is 25.3. The summed E-state index contributed by atoms with van der Waals surface area (Å²) in [5, 5.41) is 22.8. The fourth-order valence-corrected chi connectivity index (χ4v) is 3.39. The zero-order chi connectivity index (χ0) is 22.5. The Bertz CT molecular complexity index is 828. The highest BCUT2D eigenvalue weighted by Crippen LogP contribution is 2.27. The molecule has 170 valence electrons. The van der Waals surface area contributed by atoms with Gasteiger partial charge in [0.05, 0.1) is 18.3 Å². The van der Waals surface area contributed by atoms with Crippen LogP contribution in [0.15, 0.2) is 30.5 Å². The number of unbranched alkanes of at least 4 members (excludes halogenated alkanes) is 3. The molecule has 4 N–H and O–H groups in total.